The number of hydrogen-bond donors (Lipinski definition) is 2. The van der Waals surface area contributed by atoms with Crippen LogP contribution >= 0.6 is 0 Å². The van der Waals surface area contributed by atoms with Crippen LogP contribution in [0, 0.1) is 0 Å². The first-order valence-corrected chi connectivity index (χ1v) is 13.7. The van der Waals surface area contributed by atoms with Crippen LogP contribution in [-0.2, 0) is 18.0 Å². The summed E-state index contributed by atoms with van der Waals surface area (Å²) in [5.74, 6) is 7.15. The van der Waals surface area contributed by atoms with Crippen molar-refractivity contribution in [2.45, 2.75) is 71.3 Å². The second-order valence-corrected chi connectivity index (χ2v) is 9.88. The molecule has 39 heavy (non-hydrogen) atoms. The summed E-state index contributed by atoms with van der Waals surface area (Å²) in [4.78, 5) is 21.3. The smallest absolute Gasteiger partial charge is 0.393 e. The van der Waals surface area contributed by atoms with Crippen LogP contribution in [0.5, 0.6) is 0 Å². The van der Waals surface area contributed by atoms with Gasteiger partial charge in [0.05, 0.1) is 18.2 Å². The third-order valence-corrected chi connectivity index (χ3v) is 7.37. The molecule has 1 aromatic heterocycles. The topological polar surface area (TPSA) is 106 Å². The van der Waals surface area contributed by atoms with Crippen LogP contribution in [0.25, 0.3) is 0 Å². The van der Waals surface area contributed by atoms with E-state index < -0.39 is 17.4 Å². The summed E-state index contributed by atoms with van der Waals surface area (Å²) in [6.07, 6.45) is -1.76. The van der Waals surface area contributed by atoms with Crippen molar-refractivity contribution in [1.82, 2.24) is 14.5 Å². The first-order valence-electron chi connectivity index (χ1n) is 13.7. The molecule has 3 unspecified atom stereocenters. The van der Waals surface area contributed by atoms with Gasteiger partial charge in [-0.1, -0.05) is 32.9 Å². The molecule has 9 nitrogen and oxygen atoms in total. The number of nitrogens with two attached hydrogens (primary N) is 2. The molecule has 0 bridgehead atoms. The second kappa shape index (κ2) is 13.0. The molecule has 2 aliphatic heterocycles. The lowest BCUT2D eigenvalue weighted by atomic mass is 9.99. The molecule has 2 aliphatic rings. The Bertz CT molecular complexity index is 1130. The van der Waals surface area contributed by atoms with Crippen molar-refractivity contribution in [3.8, 4) is 0 Å². The number of anilines is 3. The van der Waals surface area contributed by atoms with Crippen LogP contribution in [0.3, 0.4) is 0 Å². The van der Waals surface area contributed by atoms with Crippen molar-refractivity contribution < 1.29 is 17.9 Å². The van der Waals surface area contributed by atoms with Crippen LogP contribution in [0.15, 0.2) is 29.1 Å². The molecule has 12 heteroatoms. The Kier molecular flexibility index (Phi) is 10.2. The Hall–Kier alpha value is -2.83. The Morgan fingerprint density at radius 3 is 2.41 bits per heavy atom. The highest BCUT2D eigenvalue weighted by molar-refractivity contribution is 5.76. The summed E-state index contributed by atoms with van der Waals surface area (Å²) in [5, 5.41) is 1.47. The van der Waals surface area contributed by atoms with Crippen molar-refractivity contribution in [2.24, 2.45) is 12.9 Å². The lowest BCUT2D eigenvalue weighted by molar-refractivity contribution is -0.137. The van der Waals surface area contributed by atoms with Gasteiger partial charge in [-0.25, -0.2) is 10.6 Å². The minimum Gasteiger partial charge on any atom is -0.393 e. The molecular weight excluding hydrogens is 511 g/mol. The highest BCUT2D eigenvalue weighted by Gasteiger charge is 2.34. The quantitative estimate of drug-likeness (QED) is 0.393. The van der Waals surface area contributed by atoms with E-state index in [9.17, 15) is 18.0 Å². The van der Waals surface area contributed by atoms with E-state index in [1.54, 1.807) is 19.2 Å². The number of ether oxygens (including phenoxy) is 1. The Labute approximate surface area is 228 Å². The zero-order valence-electron chi connectivity index (χ0n) is 23.5. The van der Waals surface area contributed by atoms with Gasteiger partial charge in [0.2, 0.25) is 0 Å². The summed E-state index contributed by atoms with van der Waals surface area (Å²) >= 11 is 0. The van der Waals surface area contributed by atoms with E-state index >= 15 is 0 Å². The Morgan fingerprint density at radius 1 is 1.21 bits per heavy atom. The summed E-state index contributed by atoms with van der Waals surface area (Å²) in [7, 11) is 1.59. The van der Waals surface area contributed by atoms with Crippen LogP contribution in [-0.4, -0.2) is 59.4 Å². The summed E-state index contributed by atoms with van der Waals surface area (Å²) in [5.41, 5.74) is 6.62. The van der Waals surface area contributed by atoms with Crippen LogP contribution in [0.2, 0.25) is 0 Å². The number of nitrogen functional groups attached to an aromatic ring is 1. The average molecular weight is 554 g/mol. The van der Waals surface area contributed by atoms with Gasteiger partial charge in [0.15, 0.2) is 11.6 Å². The number of hydrogen-bond acceptors (Lipinski definition) is 8. The predicted octanol–water partition coefficient (Wildman–Crippen LogP) is 3.93. The Morgan fingerprint density at radius 2 is 1.87 bits per heavy atom. The standard InChI is InChI=1S/C25H36F3N7O2.C2H6/c1-4-20(17-7-9-18(10-8-17)25(26,27)28)33-11-12-34(16(2)14-33)22-21(29)23(32(3)24(36)31-22)35(30)15-19-6-5-13-37-19;1-2/h7-10,16,19-20H,4-6,11-15,29-30H2,1-3H3;1-2H3. The van der Waals surface area contributed by atoms with E-state index in [2.05, 4.69) is 9.88 Å². The molecule has 0 radical (unpaired) electrons. The monoisotopic (exact) mass is 553 g/mol. The van der Waals surface area contributed by atoms with Crippen molar-refractivity contribution in [3.63, 3.8) is 0 Å². The van der Waals surface area contributed by atoms with Gasteiger partial charge >= 0.3 is 11.9 Å². The van der Waals surface area contributed by atoms with Crippen molar-refractivity contribution in [3.05, 3.63) is 45.9 Å². The molecule has 2 saturated heterocycles. The van der Waals surface area contributed by atoms with E-state index in [4.69, 9.17) is 16.3 Å². The van der Waals surface area contributed by atoms with Gasteiger partial charge in [0, 0.05) is 45.4 Å². The highest BCUT2D eigenvalue weighted by atomic mass is 19.4. The number of alkyl halides is 3. The molecule has 0 spiro atoms. The number of aromatic nitrogens is 2. The van der Waals surface area contributed by atoms with Crippen LogP contribution < -0.4 is 27.2 Å². The maximum Gasteiger partial charge on any atom is 0.416 e. The molecule has 3 atom stereocenters. The SMILES string of the molecule is CC.CCC(c1ccc(C(F)(F)F)cc1)N1CCN(c2nc(=O)n(C)c(N(N)CC3CCCO3)c2N)C(C)C1. The first kappa shape index (κ1) is 30.7. The van der Waals surface area contributed by atoms with Gasteiger partial charge < -0.3 is 15.4 Å². The normalized spacial score (nSPS) is 20.9. The molecule has 4 rings (SSSR count). The predicted molar refractivity (Wildman–Crippen MR) is 149 cm³/mol. The van der Waals surface area contributed by atoms with Crippen molar-refractivity contribution in [1.29, 1.82) is 0 Å². The van der Waals surface area contributed by atoms with E-state index in [0.29, 0.717) is 50.1 Å². The third-order valence-electron chi connectivity index (χ3n) is 7.37. The summed E-state index contributed by atoms with van der Waals surface area (Å²) in [6, 6.07) is 5.33. The number of benzene rings is 1. The zero-order valence-corrected chi connectivity index (χ0v) is 23.5. The zero-order chi connectivity index (χ0) is 28.9. The van der Waals surface area contributed by atoms with E-state index in [1.807, 2.05) is 32.6 Å². The van der Waals surface area contributed by atoms with E-state index in [-0.39, 0.29) is 18.2 Å². The summed E-state index contributed by atoms with van der Waals surface area (Å²) in [6.45, 7) is 11.0. The fourth-order valence-corrected chi connectivity index (χ4v) is 5.44. The minimum atomic E-state index is -4.36. The molecule has 0 saturated carbocycles. The molecule has 3 heterocycles. The molecule has 2 fully saturated rings. The minimum absolute atomic E-state index is 0.0187. The highest BCUT2D eigenvalue weighted by Crippen LogP contribution is 2.35. The van der Waals surface area contributed by atoms with Gasteiger partial charge in [-0.2, -0.15) is 18.2 Å². The number of nitrogens with zero attached hydrogens (tertiary/aromatic N) is 5. The van der Waals surface area contributed by atoms with Gasteiger partial charge in [-0.15, -0.1) is 0 Å². The first-order chi connectivity index (χ1) is 18.5. The molecule has 4 N–H and O–H groups in total. The molecule has 0 amide bonds. The molecule has 2 aromatic rings. The molecular formula is C27H42F3N7O2. The number of halogens is 3. The third kappa shape index (κ3) is 6.85. The Balaban J connectivity index is 0.00000205. The van der Waals surface area contributed by atoms with Gasteiger partial charge in [0.25, 0.3) is 0 Å². The van der Waals surface area contributed by atoms with Crippen LogP contribution in [0.1, 0.15) is 64.1 Å². The van der Waals surface area contributed by atoms with Gasteiger partial charge in [-0.05, 0) is 43.9 Å². The fourth-order valence-electron chi connectivity index (χ4n) is 5.44. The lowest BCUT2D eigenvalue weighted by Gasteiger charge is -2.44. The molecule has 218 valence electrons. The lowest BCUT2D eigenvalue weighted by Crippen LogP contribution is -2.54. The number of hydrazine groups is 1. The summed E-state index contributed by atoms with van der Waals surface area (Å²) < 4.78 is 46.1. The average Bonchev–Trinajstić information content (AvgIpc) is 3.41. The van der Waals surface area contributed by atoms with Gasteiger partial charge in [0.1, 0.15) is 5.69 Å². The molecule has 1 aromatic carbocycles. The van der Waals surface area contributed by atoms with E-state index in [1.165, 1.54) is 9.58 Å². The fraction of sp³-hybridized carbons (Fsp3) is 0.630. The van der Waals surface area contributed by atoms with Crippen LogP contribution in [0.4, 0.5) is 30.5 Å². The van der Waals surface area contributed by atoms with Crippen molar-refractivity contribution in [2.75, 3.05) is 48.4 Å². The maximum atomic E-state index is 13.0. The number of piperazine rings is 1. The van der Waals surface area contributed by atoms with Gasteiger partial charge in [-0.3, -0.25) is 14.5 Å². The van der Waals surface area contributed by atoms with E-state index in [0.717, 1.165) is 37.0 Å². The van der Waals surface area contributed by atoms with Crippen molar-refractivity contribution >= 4 is 17.3 Å². The molecule has 0 aliphatic carbocycles. The second-order valence-electron chi connectivity index (χ2n) is 9.88. The number of rotatable bonds is 7. The maximum absolute atomic E-state index is 13.0. The largest absolute Gasteiger partial charge is 0.416 e.